The zero-order valence-electron chi connectivity index (χ0n) is 15.4. The van der Waals surface area contributed by atoms with Crippen LogP contribution in [0.3, 0.4) is 0 Å². The molecule has 1 atom stereocenters. The molecular weight excluding hydrogens is 318 g/mol. The highest BCUT2D eigenvalue weighted by atomic mass is 16.4. The highest BCUT2D eigenvalue weighted by molar-refractivity contribution is 6.17. The number of carboxylic acid groups (broad SMARTS) is 1. The molecule has 2 aliphatic rings. The molecule has 0 saturated carbocycles. The number of aliphatic imine (C=N–C) groups is 1. The van der Waals surface area contributed by atoms with Crippen LogP contribution in [0.5, 0.6) is 0 Å². The topological polar surface area (TPSA) is 91.7 Å². The Morgan fingerprint density at radius 3 is 2.56 bits per heavy atom. The number of aryl methyl sites for hydroxylation is 1. The van der Waals surface area contributed by atoms with Crippen molar-refractivity contribution in [2.75, 3.05) is 0 Å². The average Bonchev–Trinajstić information content (AvgIpc) is 2.82. The molecule has 25 heavy (non-hydrogen) atoms. The molecule has 0 radical (unpaired) electrons. The van der Waals surface area contributed by atoms with Crippen molar-refractivity contribution in [3.8, 4) is 0 Å². The molecule has 0 aromatic carbocycles. The average molecular weight is 343 g/mol. The molecule has 1 amide bonds. The molecule has 1 aromatic heterocycles. The molecule has 2 N–H and O–H groups in total. The van der Waals surface area contributed by atoms with Gasteiger partial charge in [0, 0.05) is 5.69 Å². The lowest BCUT2D eigenvalue weighted by Gasteiger charge is -2.31. The number of amides is 1. The normalized spacial score (nSPS) is 24.7. The number of rotatable bonds is 3. The Morgan fingerprint density at radius 2 is 2.00 bits per heavy atom. The first-order valence-corrected chi connectivity index (χ1v) is 8.71. The summed E-state index contributed by atoms with van der Waals surface area (Å²) in [5, 5.41) is 12.4. The van der Waals surface area contributed by atoms with Gasteiger partial charge in [0.05, 0.1) is 5.56 Å². The highest BCUT2D eigenvalue weighted by Gasteiger charge is 2.43. The van der Waals surface area contributed by atoms with E-state index in [0.717, 1.165) is 30.5 Å². The third kappa shape index (κ3) is 2.94. The van der Waals surface area contributed by atoms with Crippen molar-refractivity contribution in [1.82, 2.24) is 10.3 Å². The Hall–Kier alpha value is -2.24. The quantitative estimate of drug-likeness (QED) is 0.882. The van der Waals surface area contributed by atoms with E-state index in [2.05, 4.69) is 29.1 Å². The fourth-order valence-electron chi connectivity index (χ4n) is 3.42. The number of aromatic nitrogens is 1. The predicted octanol–water partition coefficient (Wildman–Crippen LogP) is 2.59. The van der Waals surface area contributed by atoms with Crippen LogP contribution in [0.4, 0.5) is 0 Å². The fraction of sp³-hybridized carbons (Fsp3) is 0.579. The van der Waals surface area contributed by atoms with Gasteiger partial charge in [-0.2, -0.15) is 0 Å². The molecule has 6 heteroatoms. The van der Waals surface area contributed by atoms with Crippen molar-refractivity contribution in [1.29, 1.82) is 0 Å². The number of hydrogen-bond donors (Lipinski definition) is 2. The summed E-state index contributed by atoms with van der Waals surface area (Å²) >= 11 is 0. The van der Waals surface area contributed by atoms with Crippen molar-refractivity contribution >= 4 is 17.7 Å². The second-order valence-corrected chi connectivity index (χ2v) is 8.35. The van der Waals surface area contributed by atoms with Crippen LogP contribution in [-0.2, 0) is 17.6 Å². The van der Waals surface area contributed by atoms with Gasteiger partial charge >= 0.3 is 5.97 Å². The molecule has 0 spiro atoms. The first-order valence-electron chi connectivity index (χ1n) is 8.71. The molecule has 6 nitrogen and oxygen atoms in total. The summed E-state index contributed by atoms with van der Waals surface area (Å²) in [5.74, 6) is -0.999. The van der Waals surface area contributed by atoms with Crippen molar-refractivity contribution in [3.63, 3.8) is 0 Å². The molecule has 134 valence electrons. The number of hydrogen-bond acceptors (Lipinski definition) is 4. The molecule has 1 aliphatic heterocycles. The van der Waals surface area contributed by atoms with Gasteiger partial charge in [-0.05, 0) is 49.1 Å². The highest BCUT2D eigenvalue weighted by Crippen LogP contribution is 2.35. The Labute approximate surface area is 147 Å². The molecule has 1 aliphatic carbocycles. The molecule has 1 aromatic rings. The number of pyridine rings is 1. The first-order chi connectivity index (χ1) is 11.5. The Kier molecular flexibility index (Phi) is 3.97. The number of nitrogens with one attached hydrogen (secondary N) is 1. The standard InChI is InChI=1S/C19H25N3O3/c1-10(2)19(5)17(25)21-15(22-19)14-12(16(23)24)8-11-9-18(3,4)7-6-13(11)20-14/h8,10H,6-7,9H2,1-5H3,(H,23,24)(H,21,22,25). The first kappa shape index (κ1) is 17.6. The summed E-state index contributed by atoms with van der Waals surface area (Å²) in [6.45, 7) is 9.97. The van der Waals surface area contributed by atoms with E-state index < -0.39 is 11.5 Å². The molecule has 0 bridgehead atoms. The lowest BCUT2D eigenvalue weighted by molar-refractivity contribution is -0.124. The lowest BCUT2D eigenvalue weighted by Crippen LogP contribution is -2.41. The number of carboxylic acids is 1. The van der Waals surface area contributed by atoms with Crippen molar-refractivity contribution in [3.05, 3.63) is 28.6 Å². The van der Waals surface area contributed by atoms with Crippen LogP contribution < -0.4 is 5.32 Å². The van der Waals surface area contributed by atoms with Crippen LogP contribution in [0, 0.1) is 11.3 Å². The molecule has 1 unspecified atom stereocenters. The smallest absolute Gasteiger partial charge is 0.338 e. The zero-order chi connectivity index (χ0) is 18.6. The van der Waals surface area contributed by atoms with Crippen molar-refractivity contribution in [2.45, 2.75) is 59.4 Å². The second kappa shape index (κ2) is 5.64. The Balaban J connectivity index is 2.12. The maximum atomic E-state index is 12.4. The van der Waals surface area contributed by atoms with Gasteiger partial charge in [0.1, 0.15) is 11.2 Å². The van der Waals surface area contributed by atoms with Crippen LogP contribution >= 0.6 is 0 Å². The van der Waals surface area contributed by atoms with Gasteiger partial charge in [0.15, 0.2) is 5.84 Å². The van der Waals surface area contributed by atoms with Gasteiger partial charge in [-0.3, -0.25) is 4.79 Å². The fourth-order valence-corrected chi connectivity index (χ4v) is 3.42. The van der Waals surface area contributed by atoms with Gasteiger partial charge in [-0.1, -0.05) is 27.7 Å². The largest absolute Gasteiger partial charge is 0.478 e. The van der Waals surface area contributed by atoms with E-state index in [9.17, 15) is 14.7 Å². The lowest BCUT2D eigenvalue weighted by atomic mass is 9.75. The van der Waals surface area contributed by atoms with Crippen LogP contribution in [0.25, 0.3) is 0 Å². The number of nitrogens with zero attached hydrogens (tertiary/aromatic N) is 2. The van der Waals surface area contributed by atoms with Crippen molar-refractivity contribution < 1.29 is 14.7 Å². The molecule has 0 fully saturated rings. The molecule has 2 heterocycles. The maximum Gasteiger partial charge on any atom is 0.338 e. The summed E-state index contributed by atoms with van der Waals surface area (Å²) in [7, 11) is 0. The van der Waals surface area contributed by atoms with Gasteiger partial charge in [0.2, 0.25) is 0 Å². The van der Waals surface area contributed by atoms with E-state index in [0.29, 0.717) is 0 Å². The number of amidine groups is 1. The predicted molar refractivity (Wildman–Crippen MR) is 94.9 cm³/mol. The summed E-state index contributed by atoms with van der Waals surface area (Å²) in [4.78, 5) is 33.3. The number of fused-ring (bicyclic) bond motifs is 1. The van der Waals surface area contributed by atoms with Gasteiger partial charge in [-0.15, -0.1) is 0 Å². The third-order valence-corrected chi connectivity index (χ3v) is 5.51. The Morgan fingerprint density at radius 1 is 1.32 bits per heavy atom. The summed E-state index contributed by atoms with van der Waals surface area (Å²) in [6, 6.07) is 1.71. The molecule has 0 saturated heterocycles. The Bertz CT molecular complexity index is 795. The second-order valence-electron chi connectivity index (χ2n) is 8.35. The van der Waals surface area contributed by atoms with E-state index in [-0.39, 0.29) is 34.3 Å². The molecular formula is C19H25N3O3. The molecule has 3 rings (SSSR count). The van der Waals surface area contributed by atoms with Crippen LogP contribution in [0.1, 0.15) is 68.3 Å². The van der Waals surface area contributed by atoms with Gasteiger partial charge in [0.25, 0.3) is 5.91 Å². The van der Waals surface area contributed by atoms with E-state index >= 15 is 0 Å². The maximum absolute atomic E-state index is 12.4. The van der Waals surface area contributed by atoms with E-state index in [1.807, 2.05) is 13.8 Å². The monoisotopic (exact) mass is 343 g/mol. The van der Waals surface area contributed by atoms with Crippen molar-refractivity contribution in [2.24, 2.45) is 16.3 Å². The van der Waals surface area contributed by atoms with Gasteiger partial charge < -0.3 is 10.4 Å². The zero-order valence-corrected chi connectivity index (χ0v) is 15.4. The minimum absolute atomic E-state index is 0.00305. The summed E-state index contributed by atoms with van der Waals surface area (Å²) in [6.07, 6.45) is 2.61. The minimum atomic E-state index is -1.05. The number of carbonyl (C=O) groups excluding carboxylic acids is 1. The van der Waals surface area contributed by atoms with E-state index in [4.69, 9.17) is 0 Å². The van der Waals surface area contributed by atoms with E-state index in [1.54, 1.807) is 13.0 Å². The third-order valence-electron chi connectivity index (χ3n) is 5.51. The van der Waals surface area contributed by atoms with Crippen LogP contribution in [-0.4, -0.2) is 33.3 Å². The van der Waals surface area contributed by atoms with Crippen LogP contribution in [0.15, 0.2) is 11.1 Å². The number of carbonyl (C=O) groups is 2. The summed E-state index contributed by atoms with van der Waals surface area (Å²) < 4.78 is 0. The minimum Gasteiger partial charge on any atom is -0.478 e. The number of aromatic carboxylic acids is 1. The van der Waals surface area contributed by atoms with E-state index in [1.165, 1.54) is 0 Å². The SMILES string of the molecule is CC(C)C1(C)N=C(c2nc3c(cc2C(=O)O)CC(C)(C)CC3)NC1=O. The summed E-state index contributed by atoms with van der Waals surface area (Å²) in [5.41, 5.74) is 1.50. The van der Waals surface area contributed by atoms with Crippen LogP contribution in [0.2, 0.25) is 0 Å². The van der Waals surface area contributed by atoms with Gasteiger partial charge in [-0.25, -0.2) is 14.8 Å².